The lowest BCUT2D eigenvalue weighted by Gasteiger charge is -2.34. The third-order valence-corrected chi connectivity index (χ3v) is 6.56. The predicted octanol–water partition coefficient (Wildman–Crippen LogP) is 3.40. The SMILES string of the molecule is C=CCn1c(C)cc2c(c1=O)C1(C(=O)N(Cc3ccccc3F)c3ccccc31)C(C#N)=C(N)O2. The molecule has 5 rings (SSSR count). The molecule has 3 heterocycles. The molecule has 1 atom stereocenters. The summed E-state index contributed by atoms with van der Waals surface area (Å²) in [7, 11) is 0. The highest BCUT2D eigenvalue weighted by Crippen LogP contribution is 2.54. The van der Waals surface area contributed by atoms with Crippen molar-refractivity contribution in [1.29, 1.82) is 5.26 Å². The van der Waals surface area contributed by atoms with E-state index in [4.69, 9.17) is 10.5 Å². The Morgan fingerprint density at radius 3 is 2.63 bits per heavy atom. The maximum Gasteiger partial charge on any atom is 0.259 e. The van der Waals surface area contributed by atoms with Crippen LogP contribution in [0.2, 0.25) is 0 Å². The number of carbonyl (C=O) groups excluding carboxylic acids is 1. The van der Waals surface area contributed by atoms with Crippen molar-refractivity contribution < 1.29 is 13.9 Å². The van der Waals surface area contributed by atoms with Crippen LogP contribution in [-0.2, 0) is 23.3 Å². The molecular formula is C27H21FN4O3. The van der Waals surface area contributed by atoms with Crippen molar-refractivity contribution >= 4 is 11.6 Å². The quantitative estimate of drug-likeness (QED) is 0.592. The summed E-state index contributed by atoms with van der Waals surface area (Å²) in [5, 5.41) is 10.2. The molecule has 0 saturated carbocycles. The lowest BCUT2D eigenvalue weighted by Crippen LogP contribution is -2.49. The van der Waals surface area contributed by atoms with Crippen molar-refractivity contribution in [2.75, 3.05) is 4.90 Å². The minimum absolute atomic E-state index is 0.00387. The molecule has 3 aromatic rings. The van der Waals surface area contributed by atoms with E-state index in [1.165, 1.54) is 15.5 Å². The van der Waals surface area contributed by atoms with E-state index in [1.807, 2.05) is 6.07 Å². The van der Waals surface area contributed by atoms with E-state index in [-0.39, 0.29) is 35.9 Å². The van der Waals surface area contributed by atoms with Crippen LogP contribution in [0.5, 0.6) is 5.75 Å². The van der Waals surface area contributed by atoms with Crippen molar-refractivity contribution in [3.8, 4) is 11.8 Å². The molecule has 174 valence electrons. The van der Waals surface area contributed by atoms with Crippen LogP contribution in [0.15, 0.2) is 83.5 Å². The summed E-state index contributed by atoms with van der Waals surface area (Å²) in [6, 6.07) is 16.7. The van der Waals surface area contributed by atoms with Crippen molar-refractivity contribution in [2.45, 2.75) is 25.4 Å². The van der Waals surface area contributed by atoms with Gasteiger partial charge in [-0.2, -0.15) is 5.26 Å². The number of fused-ring (bicyclic) bond motifs is 4. The zero-order valence-electron chi connectivity index (χ0n) is 18.9. The topological polar surface area (TPSA) is 101 Å². The Balaban J connectivity index is 1.86. The number of halogens is 1. The smallest absolute Gasteiger partial charge is 0.259 e. The summed E-state index contributed by atoms with van der Waals surface area (Å²) in [6.07, 6.45) is 1.57. The molecule has 1 unspecified atom stereocenters. The van der Waals surface area contributed by atoms with Gasteiger partial charge < -0.3 is 19.9 Å². The minimum Gasteiger partial charge on any atom is -0.440 e. The van der Waals surface area contributed by atoms with Crippen LogP contribution in [0.25, 0.3) is 0 Å². The summed E-state index contributed by atoms with van der Waals surface area (Å²) in [4.78, 5) is 29.6. The molecule has 7 nitrogen and oxygen atoms in total. The second-order valence-corrected chi connectivity index (χ2v) is 8.43. The van der Waals surface area contributed by atoms with E-state index >= 15 is 0 Å². The number of ether oxygens (including phenoxy) is 1. The van der Waals surface area contributed by atoms with Gasteiger partial charge in [-0.25, -0.2) is 4.39 Å². The predicted molar refractivity (Wildman–Crippen MR) is 128 cm³/mol. The van der Waals surface area contributed by atoms with Gasteiger partial charge in [-0.1, -0.05) is 42.5 Å². The number of amides is 1. The van der Waals surface area contributed by atoms with Crippen LogP contribution >= 0.6 is 0 Å². The Kier molecular flexibility index (Phi) is 5.06. The van der Waals surface area contributed by atoms with Crippen LogP contribution in [0.3, 0.4) is 0 Å². The maximum atomic E-state index is 14.6. The molecular weight excluding hydrogens is 447 g/mol. The normalized spacial score (nSPS) is 18.2. The van der Waals surface area contributed by atoms with Crippen LogP contribution in [0, 0.1) is 24.1 Å². The number of aryl methyl sites for hydroxylation is 1. The van der Waals surface area contributed by atoms with Crippen LogP contribution in [0.1, 0.15) is 22.4 Å². The first kappa shape index (κ1) is 22.2. The fraction of sp³-hybridized carbons (Fsp3) is 0.148. The van der Waals surface area contributed by atoms with Gasteiger partial charge in [0, 0.05) is 35.1 Å². The lowest BCUT2D eigenvalue weighted by atomic mass is 9.69. The number of nitriles is 1. The molecule has 1 spiro atoms. The van der Waals surface area contributed by atoms with E-state index in [0.29, 0.717) is 22.5 Å². The van der Waals surface area contributed by atoms with E-state index in [9.17, 15) is 19.2 Å². The molecule has 1 amide bonds. The van der Waals surface area contributed by atoms with Crippen LogP contribution in [0.4, 0.5) is 10.1 Å². The number of nitrogens with zero attached hydrogens (tertiary/aromatic N) is 3. The highest BCUT2D eigenvalue weighted by atomic mass is 19.1. The second-order valence-electron chi connectivity index (χ2n) is 8.43. The molecule has 0 saturated heterocycles. The Morgan fingerprint density at radius 2 is 1.91 bits per heavy atom. The summed E-state index contributed by atoms with van der Waals surface area (Å²) in [5.41, 5.74) is 5.44. The number of hydrogen-bond acceptors (Lipinski definition) is 5. The average Bonchev–Trinajstić information content (AvgIpc) is 3.07. The molecule has 2 aliphatic heterocycles. The molecule has 2 N–H and O–H groups in total. The summed E-state index contributed by atoms with van der Waals surface area (Å²) in [6.45, 7) is 5.56. The molecule has 0 radical (unpaired) electrons. The number of para-hydroxylation sites is 1. The summed E-state index contributed by atoms with van der Waals surface area (Å²) >= 11 is 0. The molecule has 2 aromatic carbocycles. The number of aromatic nitrogens is 1. The van der Waals surface area contributed by atoms with E-state index in [1.54, 1.807) is 61.5 Å². The molecule has 2 aliphatic rings. The first-order valence-electron chi connectivity index (χ1n) is 10.9. The van der Waals surface area contributed by atoms with Gasteiger partial charge >= 0.3 is 0 Å². The number of allylic oxidation sites excluding steroid dienone is 1. The first-order chi connectivity index (χ1) is 16.9. The zero-order chi connectivity index (χ0) is 24.9. The Bertz CT molecular complexity index is 1550. The van der Waals surface area contributed by atoms with Gasteiger partial charge in [0.05, 0.1) is 12.1 Å². The van der Waals surface area contributed by atoms with Gasteiger partial charge in [-0.3, -0.25) is 9.59 Å². The standard InChI is InChI=1S/C27H21FN4O3/c1-3-12-31-16(2)13-22-23(25(31)33)27(19(14-29)24(30)35-22)18-9-5-7-11-21(18)32(26(27)34)15-17-8-4-6-10-20(17)28/h3-11,13H,1,12,15,30H2,2H3. The number of nitrogens with two attached hydrogens (primary N) is 1. The number of hydrogen-bond donors (Lipinski definition) is 1. The van der Waals surface area contributed by atoms with Crippen molar-refractivity contribution in [2.24, 2.45) is 5.73 Å². The van der Waals surface area contributed by atoms with Gasteiger partial charge in [-0.05, 0) is 19.1 Å². The third kappa shape index (κ3) is 2.95. The number of anilines is 1. The van der Waals surface area contributed by atoms with Crippen molar-refractivity contribution in [3.63, 3.8) is 0 Å². The monoisotopic (exact) mass is 468 g/mol. The fourth-order valence-electron chi connectivity index (χ4n) is 5.03. The first-order valence-corrected chi connectivity index (χ1v) is 10.9. The van der Waals surface area contributed by atoms with Crippen LogP contribution < -0.4 is 20.9 Å². The van der Waals surface area contributed by atoms with E-state index in [0.717, 1.165) is 0 Å². The fourth-order valence-corrected chi connectivity index (χ4v) is 5.03. The summed E-state index contributed by atoms with van der Waals surface area (Å²) in [5.74, 6) is -1.18. The number of carbonyl (C=O) groups is 1. The molecule has 0 bridgehead atoms. The number of rotatable bonds is 4. The Morgan fingerprint density at radius 1 is 1.20 bits per heavy atom. The van der Waals surface area contributed by atoms with E-state index < -0.39 is 22.7 Å². The largest absolute Gasteiger partial charge is 0.440 e. The van der Waals surface area contributed by atoms with Crippen molar-refractivity contribution in [1.82, 2.24) is 4.57 Å². The van der Waals surface area contributed by atoms with E-state index in [2.05, 4.69) is 6.58 Å². The summed E-state index contributed by atoms with van der Waals surface area (Å²) < 4.78 is 21.7. The lowest BCUT2D eigenvalue weighted by molar-refractivity contribution is -0.121. The zero-order valence-corrected chi connectivity index (χ0v) is 18.9. The second kappa shape index (κ2) is 7.99. The van der Waals surface area contributed by atoms with Gasteiger partial charge in [0.2, 0.25) is 11.8 Å². The minimum atomic E-state index is -1.83. The maximum absolute atomic E-state index is 14.6. The number of pyridine rings is 1. The molecule has 35 heavy (non-hydrogen) atoms. The van der Waals surface area contributed by atoms with Crippen molar-refractivity contribution in [3.05, 3.63) is 117 Å². The molecule has 8 heteroatoms. The van der Waals surface area contributed by atoms with Gasteiger partial charge in [-0.15, -0.1) is 6.58 Å². The Hall–Kier alpha value is -4.64. The molecule has 0 aliphatic carbocycles. The molecule has 0 fully saturated rings. The average molecular weight is 468 g/mol. The highest BCUT2D eigenvalue weighted by molar-refractivity contribution is 6.14. The third-order valence-electron chi connectivity index (χ3n) is 6.56. The Labute approximate surface area is 200 Å². The van der Waals surface area contributed by atoms with Gasteiger partial charge in [0.25, 0.3) is 5.56 Å². The number of benzene rings is 2. The van der Waals surface area contributed by atoms with Crippen LogP contribution in [-0.4, -0.2) is 10.5 Å². The highest BCUT2D eigenvalue weighted by Gasteiger charge is 2.60. The van der Waals surface area contributed by atoms with Gasteiger partial charge in [0.15, 0.2) is 5.41 Å². The molecule has 1 aromatic heterocycles. The van der Waals surface area contributed by atoms with Gasteiger partial charge in [0.1, 0.15) is 23.2 Å².